The van der Waals surface area contributed by atoms with E-state index in [9.17, 15) is 4.79 Å². The van der Waals surface area contributed by atoms with E-state index in [-0.39, 0.29) is 11.9 Å². The minimum Gasteiger partial charge on any atom is -0.425 e. The summed E-state index contributed by atoms with van der Waals surface area (Å²) in [5.41, 5.74) is 1.10. The number of carbonyl (C=O) groups is 1. The van der Waals surface area contributed by atoms with Crippen molar-refractivity contribution in [3.05, 3.63) is 24.0 Å². The molecule has 33 heavy (non-hydrogen) atoms. The number of aromatic nitrogens is 1. The molecular weight excluding hydrogens is 406 g/mol. The predicted molar refractivity (Wildman–Crippen MR) is 137 cm³/mol. The summed E-state index contributed by atoms with van der Waals surface area (Å²) in [6.07, 6.45) is 25.0. The molecule has 0 atom stereocenters. The molecule has 1 aromatic heterocycles. The largest absolute Gasteiger partial charge is 0.425 e. The van der Waals surface area contributed by atoms with Gasteiger partial charge in [-0.15, -0.1) is 0 Å². The molecule has 3 rings (SSSR count). The smallest absolute Gasteiger partial charge is 0.314 e. The van der Waals surface area contributed by atoms with Crippen molar-refractivity contribution in [2.24, 2.45) is 23.7 Å². The van der Waals surface area contributed by atoms with Gasteiger partial charge in [-0.05, 0) is 68.4 Å². The van der Waals surface area contributed by atoms with E-state index < -0.39 is 0 Å². The molecule has 0 bridgehead atoms. The number of rotatable bonds is 13. The Morgan fingerprint density at radius 1 is 0.788 bits per heavy atom. The molecule has 0 radical (unpaired) electrons. The zero-order chi connectivity index (χ0) is 23.3. The monoisotopic (exact) mass is 455 g/mol. The topological polar surface area (TPSA) is 39.2 Å². The number of unbranched alkanes of at least 4 members (excludes halogenated alkanes) is 4. The van der Waals surface area contributed by atoms with Crippen molar-refractivity contribution < 1.29 is 9.53 Å². The first-order valence-corrected chi connectivity index (χ1v) is 14.3. The van der Waals surface area contributed by atoms with Crippen LogP contribution in [-0.4, -0.2) is 11.0 Å². The first kappa shape index (κ1) is 26.2. The van der Waals surface area contributed by atoms with Gasteiger partial charge in [-0.3, -0.25) is 9.78 Å². The Labute approximate surface area is 203 Å². The molecule has 0 N–H and O–H groups in total. The second kappa shape index (κ2) is 14.8. The average molecular weight is 456 g/mol. The van der Waals surface area contributed by atoms with E-state index in [1.165, 1.54) is 96.3 Å². The van der Waals surface area contributed by atoms with Crippen LogP contribution in [0, 0.1) is 23.7 Å². The zero-order valence-corrected chi connectivity index (χ0v) is 21.5. The van der Waals surface area contributed by atoms with Crippen LogP contribution in [-0.2, 0) is 11.2 Å². The van der Waals surface area contributed by atoms with E-state index in [0.717, 1.165) is 42.7 Å². The summed E-state index contributed by atoms with van der Waals surface area (Å²) < 4.78 is 5.68. The molecule has 0 aromatic carbocycles. The number of esters is 1. The normalized spacial score (nSPS) is 25.6. The van der Waals surface area contributed by atoms with Crippen molar-refractivity contribution in [3.63, 3.8) is 0 Å². The molecule has 0 spiro atoms. The average Bonchev–Trinajstić information content (AvgIpc) is 2.86. The van der Waals surface area contributed by atoms with Gasteiger partial charge in [-0.2, -0.15) is 0 Å². The van der Waals surface area contributed by atoms with Crippen LogP contribution in [0.1, 0.15) is 129 Å². The first-order chi connectivity index (χ1) is 16.2. The Bertz CT molecular complexity index is 654. The lowest BCUT2D eigenvalue weighted by atomic mass is 9.75. The number of hydrogen-bond acceptors (Lipinski definition) is 3. The van der Waals surface area contributed by atoms with Crippen LogP contribution in [0.25, 0.3) is 0 Å². The van der Waals surface area contributed by atoms with E-state index >= 15 is 0 Å². The van der Waals surface area contributed by atoms with Gasteiger partial charge in [-0.25, -0.2) is 0 Å². The molecule has 0 aliphatic heterocycles. The van der Waals surface area contributed by atoms with Gasteiger partial charge in [0.25, 0.3) is 0 Å². The summed E-state index contributed by atoms with van der Waals surface area (Å²) >= 11 is 0. The maximum Gasteiger partial charge on any atom is 0.314 e. The molecular formula is C30H49NO2. The molecule has 3 heteroatoms. The number of hydrogen-bond donors (Lipinski definition) is 0. The molecule has 2 fully saturated rings. The number of aryl methyl sites for hydroxylation is 1. The molecule has 2 aliphatic rings. The van der Waals surface area contributed by atoms with Gasteiger partial charge in [-0.1, -0.05) is 90.9 Å². The Hall–Kier alpha value is -1.38. The molecule has 186 valence electrons. The Morgan fingerprint density at radius 2 is 1.39 bits per heavy atom. The van der Waals surface area contributed by atoms with E-state index in [1.54, 1.807) is 6.20 Å². The maximum absolute atomic E-state index is 12.7. The third kappa shape index (κ3) is 9.41. The van der Waals surface area contributed by atoms with Crippen LogP contribution < -0.4 is 4.74 Å². The third-order valence-corrected chi connectivity index (χ3v) is 8.40. The standard InChI is InChI=1S/C30H49NO2/c1-3-5-7-8-10-28-21-22-29(23-31-28)33-30(32)27-19-17-26(18-20-27)16-15-25-13-11-24(12-14-25)9-6-4-2/h21-27H,3-20H2,1-2H3/t24-,25-,26-,27-. The zero-order valence-electron chi connectivity index (χ0n) is 21.5. The summed E-state index contributed by atoms with van der Waals surface area (Å²) in [6, 6.07) is 3.94. The lowest BCUT2D eigenvalue weighted by Gasteiger charge is -2.31. The minimum atomic E-state index is -0.0450. The van der Waals surface area contributed by atoms with Crippen LogP contribution in [0.5, 0.6) is 5.75 Å². The molecule has 2 saturated carbocycles. The highest BCUT2D eigenvalue weighted by Gasteiger charge is 2.29. The van der Waals surface area contributed by atoms with Crippen molar-refractivity contribution in [3.8, 4) is 5.75 Å². The van der Waals surface area contributed by atoms with Crippen LogP contribution in [0.3, 0.4) is 0 Å². The molecule has 0 saturated heterocycles. The molecule has 1 aromatic rings. The van der Waals surface area contributed by atoms with Crippen LogP contribution in [0.15, 0.2) is 18.3 Å². The second-order valence-electron chi connectivity index (χ2n) is 11.0. The van der Waals surface area contributed by atoms with Gasteiger partial charge in [0.2, 0.25) is 0 Å². The SMILES string of the molecule is CCCCCCc1ccc(OC(=O)[C@H]2CC[C@H](CC[C@H]3CC[C@H](CCCC)CC3)CC2)cn1. The van der Waals surface area contributed by atoms with Gasteiger partial charge in [0, 0.05) is 5.69 Å². The Balaban J connectivity index is 1.29. The minimum absolute atomic E-state index is 0.0450. The van der Waals surface area contributed by atoms with E-state index in [2.05, 4.69) is 18.8 Å². The van der Waals surface area contributed by atoms with E-state index in [4.69, 9.17) is 4.74 Å². The van der Waals surface area contributed by atoms with Gasteiger partial charge in [0.15, 0.2) is 0 Å². The number of nitrogens with zero attached hydrogens (tertiary/aromatic N) is 1. The Morgan fingerprint density at radius 3 is 1.97 bits per heavy atom. The van der Waals surface area contributed by atoms with Gasteiger partial charge >= 0.3 is 5.97 Å². The number of ether oxygens (including phenoxy) is 1. The fraction of sp³-hybridized carbons (Fsp3) is 0.800. The first-order valence-electron chi connectivity index (χ1n) is 14.3. The fourth-order valence-corrected chi connectivity index (χ4v) is 6.01. The summed E-state index contributed by atoms with van der Waals surface area (Å²) in [5, 5.41) is 0. The van der Waals surface area contributed by atoms with Crippen LogP contribution in [0.4, 0.5) is 0 Å². The highest BCUT2D eigenvalue weighted by atomic mass is 16.5. The Kier molecular flexibility index (Phi) is 11.8. The highest BCUT2D eigenvalue weighted by molar-refractivity contribution is 5.75. The summed E-state index contributed by atoms with van der Waals surface area (Å²) in [4.78, 5) is 17.2. The van der Waals surface area contributed by atoms with E-state index in [0.29, 0.717) is 5.75 Å². The van der Waals surface area contributed by atoms with Crippen molar-refractivity contribution in [2.75, 3.05) is 0 Å². The number of carbonyl (C=O) groups excluding carboxylic acids is 1. The van der Waals surface area contributed by atoms with Crippen LogP contribution >= 0.6 is 0 Å². The van der Waals surface area contributed by atoms with E-state index in [1.807, 2.05) is 12.1 Å². The fourth-order valence-electron chi connectivity index (χ4n) is 6.01. The molecule has 3 nitrogen and oxygen atoms in total. The molecule has 0 unspecified atom stereocenters. The van der Waals surface area contributed by atoms with Crippen molar-refractivity contribution in [2.45, 2.75) is 129 Å². The predicted octanol–water partition coefficient (Wildman–Crippen LogP) is 8.69. The van der Waals surface area contributed by atoms with Crippen molar-refractivity contribution >= 4 is 5.97 Å². The summed E-state index contributed by atoms with van der Waals surface area (Å²) in [7, 11) is 0. The lowest BCUT2D eigenvalue weighted by molar-refractivity contribution is -0.140. The highest BCUT2D eigenvalue weighted by Crippen LogP contribution is 2.38. The molecule has 1 heterocycles. The maximum atomic E-state index is 12.7. The molecule has 2 aliphatic carbocycles. The van der Waals surface area contributed by atoms with Crippen molar-refractivity contribution in [1.82, 2.24) is 4.98 Å². The third-order valence-electron chi connectivity index (χ3n) is 8.40. The van der Waals surface area contributed by atoms with Crippen LogP contribution in [0.2, 0.25) is 0 Å². The van der Waals surface area contributed by atoms with Gasteiger partial charge in [0.05, 0.1) is 12.1 Å². The quantitative estimate of drug-likeness (QED) is 0.220. The van der Waals surface area contributed by atoms with Gasteiger partial charge < -0.3 is 4.74 Å². The summed E-state index contributed by atoms with van der Waals surface area (Å²) in [5.74, 6) is 3.43. The molecule has 0 amide bonds. The van der Waals surface area contributed by atoms with Gasteiger partial charge in [0.1, 0.15) is 5.75 Å². The lowest BCUT2D eigenvalue weighted by Crippen LogP contribution is -2.26. The second-order valence-corrected chi connectivity index (χ2v) is 11.0. The number of pyridine rings is 1. The van der Waals surface area contributed by atoms with Crippen molar-refractivity contribution in [1.29, 1.82) is 0 Å². The summed E-state index contributed by atoms with van der Waals surface area (Å²) in [6.45, 7) is 4.54.